The molecule has 0 atom stereocenters. The highest BCUT2D eigenvalue weighted by Crippen LogP contribution is 2.30. The van der Waals surface area contributed by atoms with Gasteiger partial charge in [0.15, 0.2) is 0 Å². The lowest BCUT2D eigenvalue weighted by atomic mass is 10.3. The molecule has 1 amide bonds. The molecule has 3 aromatic rings. The summed E-state index contributed by atoms with van der Waals surface area (Å²) in [4.78, 5) is 19.2. The van der Waals surface area contributed by atoms with Crippen molar-refractivity contribution in [2.75, 3.05) is 10.6 Å². The van der Waals surface area contributed by atoms with Gasteiger partial charge in [-0.15, -0.1) is 0 Å². The summed E-state index contributed by atoms with van der Waals surface area (Å²) in [5.41, 5.74) is 2.08. The van der Waals surface area contributed by atoms with E-state index in [1.807, 2.05) is 0 Å². The van der Waals surface area contributed by atoms with E-state index >= 15 is 0 Å². The number of fused-ring (bicyclic) bond motifs is 1. The zero-order valence-corrected chi connectivity index (χ0v) is 16.3. The van der Waals surface area contributed by atoms with E-state index in [1.54, 1.807) is 24.3 Å². The fraction of sp³-hybridized carbons (Fsp3) is 0.300. The average Bonchev–Trinajstić information content (AvgIpc) is 3.60. The Morgan fingerprint density at radius 1 is 1.07 bits per heavy atom. The van der Waals surface area contributed by atoms with Crippen LogP contribution in [0.25, 0.3) is 11.0 Å². The fourth-order valence-corrected chi connectivity index (χ4v) is 3.94. The van der Waals surface area contributed by atoms with Crippen molar-refractivity contribution in [3.05, 3.63) is 42.5 Å². The van der Waals surface area contributed by atoms with Crippen LogP contribution in [-0.4, -0.2) is 30.3 Å². The maximum atomic E-state index is 12.6. The molecule has 2 aliphatic rings. The predicted octanol–water partition coefficient (Wildman–Crippen LogP) is 3.25. The van der Waals surface area contributed by atoms with Gasteiger partial charge in [0, 0.05) is 23.7 Å². The average molecular weight is 412 g/mol. The molecule has 8 nitrogen and oxygen atoms in total. The zero-order valence-electron chi connectivity index (χ0n) is 15.5. The number of hydrogen-bond donors (Lipinski definition) is 3. The first-order valence-corrected chi connectivity index (χ1v) is 11.0. The molecule has 2 aliphatic carbocycles. The molecular formula is C20H20N4O4S. The van der Waals surface area contributed by atoms with Gasteiger partial charge in [0.2, 0.25) is 11.9 Å². The Morgan fingerprint density at radius 3 is 2.52 bits per heavy atom. The number of hydrogen-bond acceptors (Lipinski definition) is 6. The molecule has 3 N–H and O–H groups in total. The Labute approximate surface area is 167 Å². The van der Waals surface area contributed by atoms with Crippen molar-refractivity contribution in [3.8, 4) is 5.75 Å². The highest BCUT2D eigenvalue weighted by molar-refractivity contribution is 7.87. The van der Waals surface area contributed by atoms with E-state index in [0.717, 1.165) is 31.4 Å². The second-order valence-corrected chi connectivity index (χ2v) is 9.05. The van der Waals surface area contributed by atoms with Gasteiger partial charge in [-0.1, -0.05) is 0 Å². The Bertz CT molecular complexity index is 1180. The molecule has 1 aromatic heterocycles. The lowest BCUT2D eigenvalue weighted by Gasteiger charge is -2.08. The molecule has 29 heavy (non-hydrogen) atoms. The Balaban J connectivity index is 1.32. The number of imidazole rings is 1. The van der Waals surface area contributed by atoms with Crippen LogP contribution < -0.4 is 14.8 Å². The van der Waals surface area contributed by atoms with E-state index < -0.39 is 10.1 Å². The molecule has 0 spiro atoms. The Kier molecular flexibility index (Phi) is 4.20. The summed E-state index contributed by atoms with van der Waals surface area (Å²) in [7, 11) is -3.96. The van der Waals surface area contributed by atoms with Crippen LogP contribution in [0.15, 0.2) is 47.4 Å². The smallest absolute Gasteiger partial charge is 0.339 e. The number of aromatic nitrogens is 2. The number of aromatic amines is 1. The van der Waals surface area contributed by atoms with Gasteiger partial charge in [-0.3, -0.25) is 10.1 Å². The molecule has 150 valence electrons. The molecule has 0 unspecified atom stereocenters. The minimum atomic E-state index is -3.96. The molecular weight excluding hydrogens is 392 g/mol. The van der Waals surface area contributed by atoms with Crippen molar-refractivity contribution in [3.63, 3.8) is 0 Å². The van der Waals surface area contributed by atoms with Gasteiger partial charge in [-0.2, -0.15) is 8.42 Å². The molecule has 9 heteroatoms. The van der Waals surface area contributed by atoms with Crippen molar-refractivity contribution in [2.45, 2.75) is 36.6 Å². The molecule has 0 aliphatic heterocycles. The summed E-state index contributed by atoms with van der Waals surface area (Å²) >= 11 is 0. The van der Waals surface area contributed by atoms with Gasteiger partial charge in [0.05, 0.1) is 11.0 Å². The van der Waals surface area contributed by atoms with Gasteiger partial charge in [0.1, 0.15) is 10.6 Å². The summed E-state index contributed by atoms with van der Waals surface area (Å²) in [6.07, 6.45) is 4.09. The third-order valence-corrected chi connectivity index (χ3v) is 6.20. The Morgan fingerprint density at radius 2 is 1.83 bits per heavy atom. The van der Waals surface area contributed by atoms with Crippen LogP contribution >= 0.6 is 0 Å². The molecule has 0 bridgehead atoms. The number of nitrogens with one attached hydrogen (secondary N) is 3. The number of rotatable bonds is 7. The van der Waals surface area contributed by atoms with Crippen molar-refractivity contribution in [2.24, 2.45) is 5.92 Å². The highest BCUT2D eigenvalue weighted by Gasteiger charge is 2.30. The van der Waals surface area contributed by atoms with Crippen LogP contribution in [0.2, 0.25) is 0 Å². The van der Waals surface area contributed by atoms with E-state index in [9.17, 15) is 13.2 Å². The lowest BCUT2D eigenvalue weighted by molar-refractivity contribution is -0.117. The number of amides is 1. The van der Waals surface area contributed by atoms with E-state index in [2.05, 4.69) is 20.6 Å². The number of carbonyl (C=O) groups is 1. The molecule has 2 aromatic carbocycles. The molecule has 0 saturated heterocycles. The molecule has 5 rings (SSSR count). The molecule has 0 radical (unpaired) electrons. The molecule has 2 fully saturated rings. The van der Waals surface area contributed by atoms with E-state index in [4.69, 9.17) is 4.18 Å². The standard InChI is InChI=1S/C20H20N4O4S/c25-19(12-1-2-12)24-20-22-17-10-7-15(11-18(17)23-20)28-29(26,27)16-8-5-14(6-9-16)21-13-3-4-13/h5-13,21H,1-4H2,(H2,22,23,24,25). The maximum Gasteiger partial charge on any atom is 0.339 e. The van der Waals surface area contributed by atoms with E-state index in [1.165, 1.54) is 18.2 Å². The van der Waals surface area contributed by atoms with Gasteiger partial charge >= 0.3 is 10.1 Å². The quantitative estimate of drug-likeness (QED) is 0.514. The van der Waals surface area contributed by atoms with Crippen LogP contribution in [0, 0.1) is 5.92 Å². The summed E-state index contributed by atoms with van der Waals surface area (Å²) in [6.45, 7) is 0. The monoisotopic (exact) mass is 412 g/mol. The van der Waals surface area contributed by atoms with Crippen LogP contribution in [0.4, 0.5) is 11.6 Å². The minimum absolute atomic E-state index is 0.0530. The number of carbonyl (C=O) groups excluding carboxylic acids is 1. The van der Waals surface area contributed by atoms with E-state index in [0.29, 0.717) is 23.0 Å². The predicted molar refractivity (Wildman–Crippen MR) is 108 cm³/mol. The number of benzene rings is 2. The zero-order chi connectivity index (χ0) is 20.0. The highest BCUT2D eigenvalue weighted by atomic mass is 32.2. The van der Waals surface area contributed by atoms with Gasteiger partial charge in [0.25, 0.3) is 0 Å². The third-order valence-electron chi connectivity index (χ3n) is 4.94. The minimum Gasteiger partial charge on any atom is -0.382 e. The first kappa shape index (κ1) is 18.0. The number of H-pyrrole nitrogens is 1. The molecule has 1 heterocycles. The third kappa shape index (κ3) is 4.04. The number of anilines is 2. The maximum absolute atomic E-state index is 12.6. The van der Waals surface area contributed by atoms with Gasteiger partial charge in [-0.25, -0.2) is 4.98 Å². The SMILES string of the molecule is O=C(Nc1nc2ccc(OS(=O)(=O)c3ccc(NC4CC4)cc3)cc2[nH]1)C1CC1. The van der Waals surface area contributed by atoms with Crippen molar-refractivity contribution in [1.82, 2.24) is 9.97 Å². The van der Waals surface area contributed by atoms with E-state index in [-0.39, 0.29) is 22.5 Å². The molecule has 2 saturated carbocycles. The normalized spacial score (nSPS) is 16.6. The second-order valence-electron chi connectivity index (χ2n) is 7.51. The topological polar surface area (TPSA) is 113 Å². The summed E-state index contributed by atoms with van der Waals surface area (Å²) < 4.78 is 30.5. The largest absolute Gasteiger partial charge is 0.382 e. The van der Waals surface area contributed by atoms with Crippen LogP contribution in [-0.2, 0) is 14.9 Å². The van der Waals surface area contributed by atoms with Crippen molar-refractivity contribution >= 4 is 38.7 Å². The van der Waals surface area contributed by atoms with Crippen molar-refractivity contribution in [1.29, 1.82) is 0 Å². The first-order valence-electron chi connectivity index (χ1n) is 9.58. The van der Waals surface area contributed by atoms with Gasteiger partial charge < -0.3 is 14.5 Å². The summed E-state index contributed by atoms with van der Waals surface area (Å²) in [6, 6.07) is 11.8. The van der Waals surface area contributed by atoms with Crippen LogP contribution in [0.5, 0.6) is 5.75 Å². The second kappa shape index (κ2) is 6.77. The van der Waals surface area contributed by atoms with Gasteiger partial charge in [-0.05, 0) is 62.1 Å². The fourth-order valence-electron chi connectivity index (χ4n) is 3.02. The first-order chi connectivity index (χ1) is 14.0. The Hall–Kier alpha value is -3.07. The van der Waals surface area contributed by atoms with Crippen LogP contribution in [0.1, 0.15) is 25.7 Å². The number of nitrogens with zero attached hydrogens (tertiary/aromatic N) is 1. The summed E-state index contributed by atoms with van der Waals surface area (Å²) in [5, 5.41) is 6.05. The van der Waals surface area contributed by atoms with Crippen LogP contribution in [0.3, 0.4) is 0 Å². The van der Waals surface area contributed by atoms with Crippen molar-refractivity contribution < 1.29 is 17.4 Å². The summed E-state index contributed by atoms with van der Waals surface area (Å²) in [5.74, 6) is 0.526. The lowest BCUT2D eigenvalue weighted by Crippen LogP contribution is -2.14.